The average molecular weight is 267 g/mol. The lowest BCUT2D eigenvalue weighted by Gasteiger charge is -2.35. The number of carbonyl (C=O) groups excluding carboxylic acids is 1. The molecule has 2 aromatic rings. The normalized spacial score (nSPS) is 17.6. The van der Waals surface area contributed by atoms with Crippen molar-refractivity contribution >= 4 is 11.6 Å². The SMILES string of the molecule is CC1CCc2ccccc2N1C(=O)c1ccccc1O. The van der Waals surface area contributed by atoms with E-state index in [0.29, 0.717) is 5.56 Å². The summed E-state index contributed by atoms with van der Waals surface area (Å²) in [5.41, 5.74) is 2.50. The fourth-order valence-corrected chi connectivity index (χ4v) is 2.78. The van der Waals surface area contributed by atoms with Crippen molar-refractivity contribution in [3.8, 4) is 5.75 Å². The molecule has 1 atom stereocenters. The fraction of sp³-hybridized carbons (Fsp3) is 0.235. The van der Waals surface area contributed by atoms with Crippen LogP contribution in [0.4, 0.5) is 5.69 Å². The highest BCUT2D eigenvalue weighted by Gasteiger charge is 2.29. The van der Waals surface area contributed by atoms with Crippen LogP contribution in [-0.2, 0) is 6.42 Å². The molecule has 1 aliphatic rings. The Labute approximate surface area is 118 Å². The average Bonchev–Trinajstić information content (AvgIpc) is 2.47. The molecule has 20 heavy (non-hydrogen) atoms. The first kappa shape index (κ1) is 12.7. The van der Waals surface area contributed by atoms with Crippen LogP contribution in [0.3, 0.4) is 0 Å². The van der Waals surface area contributed by atoms with E-state index in [1.54, 1.807) is 29.2 Å². The number of amides is 1. The Bertz CT molecular complexity index is 651. The predicted molar refractivity (Wildman–Crippen MR) is 79.1 cm³/mol. The van der Waals surface area contributed by atoms with Crippen LogP contribution in [-0.4, -0.2) is 17.1 Å². The summed E-state index contributed by atoms with van der Waals surface area (Å²) in [7, 11) is 0. The number of para-hydroxylation sites is 2. The second kappa shape index (κ2) is 5.00. The molecular formula is C17H17NO2. The number of hydrogen-bond donors (Lipinski definition) is 1. The molecule has 0 saturated heterocycles. The van der Waals surface area contributed by atoms with Crippen molar-refractivity contribution in [2.45, 2.75) is 25.8 Å². The van der Waals surface area contributed by atoms with Crippen molar-refractivity contribution in [2.24, 2.45) is 0 Å². The fourth-order valence-electron chi connectivity index (χ4n) is 2.78. The molecule has 1 N–H and O–H groups in total. The topological polar surface area (TPSA) is 40.5 Å². The van der Waals surface area contributed by atoms with E-state index in [1.165, 1.54) is 5.56 Å². The van der Waals surface area contributed by atoms with Crippen LogP contribution in [0.2, 0.25) is 0 Å². The van der Waals surface area contributed by atoms with E-state index < -0.39 is 0 Å². The minimum absolute atomic E-state index is 0.0350. The molecule has 102 valence electrons. The lowest BCUT2D eigenvalue weighted by Crippen LogP contribution is -2.42. The Morgan fingerprint density at radius 3 is 2.65 bits per heavy atom. The molecule has 3 heteroatoms. The van der Waals surface area contributed by atoms with E-state index >= 15 is 0 Å². The largest absolute Gasteiger partial charge is 0.507 e. The highest BCUT2D eigenvalue weighted by molar-refractivity contribution is 6.08. The van der Waals surface area contributed by atoms with Crippen LogP contribution in [0, 0.1) is 0 Å². The minimum atomic E-state index is -0.136. The van der Waals surface area contributed by atoms with Gasteiger partial charge in [0.05, 0.1) is 5.56 Å². The number of phenolic OH excluding ortho intramolecular Hbond substituents is 1. The third-order valence-corrected chi connectivity index (χ3v) is 3.88. The summed E-state index contributed by atoms with van der Waals surface area (Å²) in [5, 5.41) is 9.90. The van der Waals surface area contributed by atoms with E-state index in [1.807, 2.05) is 25.1 Å². The van der Waals surface area contributed by atoms with Gasteiger partial charge in [-0.3, -0.25) is 4.79 Å². The van der Waals surface area contributed by atoms with Gasteiger partial charge < -0.3 is 10.0 Å². The Morgan fingerprint density at radius 1 is 1.15 bits per heavy atom. The van der Waals surface area contributed by atoms with Crippen molar-refractivity contribution in [1.82, 2.24) is 0 Å². The van der Waals surface area contributed by atoms with Gasteiger partial charge in [0.1, 0.15) is 5.75 Å². The molecule has 2 aromatic carbocycles. The van der Waals surface area contributed by atoms with E-state index in [9.17, 15) is 9.90 Å². The van der Waals surface area contributed by atoms with Gasteiger partial charge in [0.15, 0.2) is 0 Å². The lowest BCUT2D eigenvalue weighted by molar-refractivity contribution is 0.0972. The van der Waals surface area contributed by atoms with Gasteiger partial charge in [0.25, 0.3) is 5.91 Å². The van der Waals surface area contributed by atoms with E-state index in [2.05, 4.69) is 6.07 Å². The van der Waals surface area contributed by atoms with Crippen molar-refractivity contribution in [3.63, 3.8) is 0 Å². The molecular weight excluding hydrogens is 250 g/mol. The third kappa shape index (κ3) is 2.05. The summed E-state index contributed by atoms with van der Waals surface area (Å²) in [6, 6.07) is 14.8. The summed E-state index contributed by atoms with van der Waals surface area (Å²) in [5.74, 6) is -0.101. The number of aryl methyl sites for hydroxylation is 1. The maximum Gasteiger partial charge on any atom is 0.262 e. The first-order valence-corrected chi connectivity index (χ1v) is 6.88. The summed E-state index contributed by atoms with van der Waals surface area (Å²) in [6.07, 6.45) is 1.93. The van der Waals surface area contributed by atoms with Gasteiger partial charge in [-0.2, -0.15) is 0 Å². The zero-order valence-electron chi connectivity index (χ0n) is 11.4. The third-order valence-electron chi connectivity index (χ3n) is 3.88. The number of phenols is 1. The molecule has 0 fully saturated rings. The zero-order valence-corrected chi connectivity index (χ0v) is 11.4. The van der Waals surface area contributed by atoms with Crippen LogP contribution < -0.4 is 4.90 Å². The number of aromatic hydroxyl groups is 1. The number of nitrogens with zero attached hydrogens (tertiary/aromatic N) is 1. The molecule has 3 rings (SSSR count). The van der Waals surface area contributed by atoms with Crippen molar-refractivity contribution in [2.75, 3.05) is 4.90 Å². The van der Waals surface area contributed by atoms with Gasteiger partial charge in [-0.25, -0.2) is 0 Å². The number of rotatable bonds is 1. The molecule has 0 aliphatic carbocycles. The second-order valence-corrected chi connectivity index (χ2v) is 5.21. The predicted octanol–water partition coefficient (Wildman–Crippen LogP) is 3.37. The van der Waals surface area contributed by atoms with Crippen LogP contribution in [0.5, 0.6) is 5.75 Å². The van der Waals surface area contributed by atoms with Gasteiger partial charge in [0.2, 0.25) is 0 Å². The standard InChI is InChI=1S/C17H17NO2/c1-12-10-11-13-6-2-4-8-15(13)18(12)17(20)14-7-3-5-9-16(14)19/h2-9,12,19H,10-11H2,1H3. The van der Waals surface area contributed by atoms with Crippen LogP contribution in [0.15, 0.2) is 48.5 Å². The highest BCUT2D eigenvalue weighted by Crippen LogP contribution is 2.32. The maximum absolute atomic E-state index is 12.8. The van der Waals surface area contributed by atoms with E-state index in [4.69, 9.17) is 0 Å². The molecule has 0 bridgehead atoms. The Balaban J connectivity index is 2.05. The molecule has 0 spiro atoms. The highest BCUT2D eigenvalue weighted by atomic mass is 16.3. The lowest BCUT2D eigenvalue weighted by atomic mass is 9.95. The summed E-state index contributed by atoms with van der Waals surface area (Å²) >= 11 is 0. The minimum Gasteiger partial charge on any atom is -0.507 e. The smallest absolute Gasteiger partial charge is 0.262 e. The van der Waals surface area contributed by atoms with Crippen LogP contribution in [0.1, 0.15) is 29.3 Å². The first-order valence-electron chi connectivity index (χ1n) is 6.88. The quantitative estimate of drug-likeness (QED) is 0.860. The number of hydrogen-bond acceptors (Lipinski definition) is 2. The summed E-state index contributed by atoms with van der Waals surface area (Å²) in [4.78, 5) is 14.6. The van der Waals surface area contributed by atoms with Gasteiger partial charge in [-0.1, -0.05) is 30.3 Å². The molecule has 1 heterocycles. The van der Waals surface area contributed by atoms with E-state index in [-0.39, 0.29) is 17.7 Å². The molecule has 1 aliphatic heterocycles. The van der Waals surface area contributed by atoms with Gasteiger partial charge in [-0.05, 0) is 43.5 Å². The molecule has 0 saturated carbocycles. The Morgan fingerprint density at radius 2 is 1.85 bits per heavy atom. The number of fused-ring (bicyclic) bond motifs is 1. The molecule has 0 aromatic heterocycles. The van der Waals surface area contributed by atoms with Crippen molar-refractivity contribution in [3.05, 3.63) is 59.7 Å². The van der Waals surface area contributed by atoms with Gasteiger partial charge in [0, 0.05) is 11.7 Å². The summed E-state index contributed by atoms with van der Waals surface area (Å²) < 4.78 is 0. The van der Waals surface area contributed by atoms with Gasteiger partial charge >= 0.3 is 0 Å². The number of carbonyl (C=O) groups is 1. The van der Waals surface area contributed by atoms with Crippen molar-refractivity contribution < 1.29 is 9.90 Å². The second-order valence-electron chi connectivity index (χ2n) is 5.21. The van der Waals surface area contributed by atoms with Crippen molar-refractivity contribution in [1.29, 1.82) is 0 Å². The Kier molecular flexibility index (Phi) is 3.18. The maximum atomic E-state index is 12.8. The molecule has 1 amide bonds. The van der Waals surface area contributed by atoms with Crippen LogP contribution in [0.25, 0.3) is 0 Å². The number of benzene rings is 2. The first-order chi connectivity index (χ1) is 9.68. The molecule has 0 radical (unpaired) electrons. The summed E-state index contributed by atoms with van der Waals surface area (Å²) in [6.45, 7) is 2.05. The Hall–Kier alpha value is -2.29. The molecule has 3 nitrogen and oxygen atoms in total. The number of anilines is 1. The van der Waals surface area contributed by atoms with Crippen LogP contribution >= 0.6 is 0 Å². The zero-order chi connectivity index (χ0) is 14.1. The monoisotopic (exact) mass is 267 g/mol. The van der Waals surface area contributed by atoms with Gasteiger partial charge in [-0.15, -0.1) is 0 Å². The van der Waals surface area contributed by atoms with E-state index in [0.717, 1.165) is 18.5 Å². The molecule has 1 unspecified atom stereocenters.